The van der Waals surface area contributed by atoms with E-state index < -0.39 is 0 Å². The average Bonchev–Trinajstić information content (AvgIpc) is 2.73. The molecule has 0 atom stereocenters. The predicted molar refractivity (Wildman–Crippen MR) is 87.5 cm³/mol. The van der Waals surface area contributed by atoms with Gasteiger partial charge in [-0.3, -0.25) is 9.59 Å². The van der Waals surface area contributed by atoms with Gasteiger partial charge in [0.15, 0.2) is 0 Å². The molecule has 0 aromatic heterocycles. The van der Waals surface area contributed by atoms with Gasteiger partial charge in [-0.25, -0.2) is 4.39 Å². The lowest BCUT2D eigenvalue weighted by Gasteiger charge is -2.17. The first kappa shape index (κ1) is 16.0. The van der Waals surface area contributed by atoms with Gasteiger partial charge in [0, 0.05) is 19.2 Å². The number of nitrogens with zero attached hydrogens (tertiary/aromatic N) is 1. The highest BCUT2D eigenvalue weighted by Gasteiger charge is 2.20. The van der Waals surface area contributed by atoms with E-state index in [0.717, 1.165) is 5.56 Å². The predicted octanol–water partition coefficient (Wildman–Crippen LogP) is 2.50. The summed E-state index contributed by atoms with van der Waals surface area (Å²) in [5.74, 6) is -0.0335. The fourth-order valence-corrected chi connectivity index (χ4v) is 2.49. The molecule has 2 amide bonds. The molecule has 2 aromatic carbocycles. The summed E-state index contributed by atoms with van der Waals surface area (Å²) in [5.41, 5.74) is 1.92. The molecule has 0 fully saturated rings. The SMILES string of the molecule is CN1C(=O)CCOc2ccc(CNC(=O)c3ccc(F)cc3)cc21. The van der Waals surface area contributed by atoms with Crippen LogP contribution >= 0.6 is 0 Å². The number of carbonyl (C=O) groups excluding carboxylic acids is 2. The Kier molecular flexibility index (Phi) is 4.46. The normalized spacial score (nSPS) is 13.8. The van der Waals surface area contributed by atoms with Crippen LogP contribution in [0.25, 0.3) is 0 Å². The average molecular weight is 328 g/mol. The Hall–Kier alpha value is -2.89. The highest BCUT2D eigenvalue weighted by atomic mass is 19.1. The van der Waals surface area contributed by atoms with E-state index in [1.54, 1.807) is 18.0 Å². The molecule has 1 aliphatic heterocycles. The Morgan fingerprint density at radius 2 is 2.00 bits per heavy atom. The minimum absolute atomic E-state index is 0.0127. The first-order valence-electron chi connectivity index (χ1n) is 7.60. The monoisotopic (exact) mass is 328 g/mol. The number of amides is 2. The van der Waals surface area contributed by atoms with Crippen molar-refractivity contribution in [2.45, 2.75) is 13.0 Å². The van der Waals surface area contributed by atoms with Crippen LogP contribution in [0.15, 0.2) is 42.5 Å². The van der Waals surface area contributed by atoms with Gasteiger partial charge in [0.1, 0.15) is 11.6 Å². The maximum absolute atomic E-state index is 12.9. The standard InChI is InChI=1S/C18H17FN2O3/c1-21-15-10-12(2-7-16(15)24-9-8-17(21)22)11-20-18(23)13-3-5-14(19)6-4-13/h2-7,10H,8-9,11H2,1H3,(H,20,23). The Balaban J connectivity index is 1.72. The smallest absolute Gasteiger partial charge is 0.251 e. The molecule has 0 aliphatic carbocycles. The molecular formula is C18H17FN2O3. The number of hydrogen-bond donors (Lipinski definition) is 1. The van der Waals surface area contributed by atoms with Crippen molar-refractivity contribution in [3.8, 4) is 5.75 Å². The minimum Gasteiger partial charge on any atom is -0.491 e. The van der Waals surface area contributed by atoms with Crippen LogP contribution in [-0.4, -0.2) is 25.5 Å². The van der Waals surface area contributed by atoms with Gasteiger partial charge in [-0.05, 0) is 42.0 Å². The van der Waals surface area contributed by atoms with E-state index >= 15 is 0 Å². The topological polar surface area (TPSA) is 58.6 Å². The molecule has 6 heteroatoms. The second kappa shape index (κ2) is 6.70. The van der Waals surface area contributed by atoms with E-state index in [-0.39, 0.29) is 17.6 Å². The summed E-state index contributed by atoms with van der Waals surface area (Å²) < 4.78 is 18.5. The van der Waals surface area contributed by atoms with Gasteiger partial charge in [0.25, 0.3) is 5.91 Å². The fraction of sp³-hybridized carbons (Fsp3) is 0.222. The zero-order valence-corrected chi connectivity index (χ0v) is 13.2. The number of anilines is 1. The van der Waals surface area contributed by atoms with Gasteiger partial charge in [0.05, 0.1) is 18.7 Å². The van der Waals surface area contributed by atoms with Gasteiger partial charge in [-0.2, -0.15) is 0 Å². The molecule has 3 rings (SSSR count). The van der Waals surface area contributed by atoms with Gasteiger partial charge in [-0.15, -0.1) is 0 Å². The quantitative estimate of drug-likeness (QED) is 0.942. The highest BCUT2D eigenvalue weighted by Crippen LogP contribution is 2.31. The number of nitrogens with one attached hydrogen (secondary N) is 1. The van der Waals surface area contributed by atoms with Crippen molar-refractivity contribution in [2.75, 3.05) is 18.6 Å². The van der Waals surface area contributed by atoms with Crippen molar-refractivity contribution >= 4 is 17.5 Å². The lowest BCUT2D eigenvalue weighted by atomic mass is 10.1. The maximum atomic E-state index is 12.9. The Labute approximate surface area is 139 Å². The summed E-state index contributed by atoms with van der Waals surface area (Å²) in [6, 6.07) is 10.8. The van der Waals surface area contributed by atoms with Crippen molar-refractivity contribution in [2.24, 2.45) is 0 Å². The molecule has 1 aliphatic rings. The molecule has 24 heavy (non-hydrogen) atoms. The third-order valence-corrected chi connectivity index (χ3v) is 3.89. The summed E-state index contributed by atoms with van der Waals surface area (Å²) in [6.07, 6.45) is 0.335. The summed E-state index contributed by atoms with van der Waals surface area (Å²) >= 11 is 0. The Bertz CT molecular complexity index is 774. The number of hydrogen-bond acceptors (Lipinski definition) is 3. The number of ether oxygens (including phenoxy) is 1. The molecule has 2 aromatic rings. The zero-order chi connectivity index (χ0) is 17.1. The second-order valence-electron chi connectivity index (χ2n) is 5.54. The maximum Gasteiger partial charge on any atom is 0.251 e. The van der Waals surface area contributed by atoms with Crippen molar-refractivity contribution in [1.29, 1.82) is 0 Å². The summed E-state index contributed by atoms with van der Waals surface area (Å²) in [6.45, 7) is 0.655. The van der Waals surface area contributed by atoms with E-state index in [2.05, 4.69) is 5.32 Å². The Morgan fingerprint density at radius 3 is 2.75 bits per heavy atom. The molecular weight excluding hydrogens is 311 g/mol. The Morgan fingerprint density at radius 1 is 1.25 bits per heavy atom. The number of carbonyl (C=O) groups is 2. The number of halogens is 1. The molecule has 1 N–H and O–H groups in total. The molecule has 124 valence electrons. The van der Waals surface area contributed by atoms with Gasteiger partial charge in [-0.1, -0.05) is 6.07 Å². The van der Waals surface area contributed by atoms with Crippen LogP contribution in [0.4, 0.5) is 10.1 Å². The van der Waals surface area contributed by atoms with Crippen LogP contribution in [0.5, 0.6) is 5.75 Å². The van der Waals surface area contributed by atoms with Gasteiger partial charge < -0.3 is 15.0 Å². The van der Waals surface area contributed by atoms with E-state index in [0.29, 0.717) is 36.6 Å². The lowest BCUT2D eigenvalue weighted by molar-refractivity contribution is -0.118. The first-order chi connectivity index (χ1) is 11.5. The first-order valence-corrected chi connectivity index (χ1v) is 7.60. The summed E-state index contributed by atoms with van der Waals surface area (Å²) in [4.78, 5) is 25.5. The van der Waals surface area contributed by atoms with E-state index in [1.807, 2.05) is 12.1 Å². The van der Waals surface area contributed by atoms with Crippen LogP contribution in [0.1, 0.15) is 22.3 Å². The minimum atomic E-state index is -0.384. The third kappa shape index (κ3) is 3.37. The van der Waals surface area contributed by atoms with Crippen molar-refractivity contribution in [3.05, 3.63) is 59.4 Å². The second-order valence-corrected chi connectivity index (χ2v) is 5.54. The molecule has 0 unspecified atom stereocenters. The van der Waals surface area contributed by atoms with E-state index in [4.69, 9.17) is 4.74 Å². The van der Waals surface area contributed by atoms with Crippen LogP contribution in [-0.2, 0) is 11.3 Å². The molecule has 5 nitrogen and oxygen atoms in total. The lowest BCUT2D eigenvalue weighted by Crippen LogP contribution is -2.26. The van der Waals surface area contributed by atoms with Crippen molar-refractivity contribution in [3.63, 3.8) is 0 Å². The van der Waals surface area contributed by atoms with E-state index in [9.17, 15) is 14.0 Å². The zero-order valence-electron chi connectivity index (χ0n) is 13.2. The number of rotatable bonds is 3. The van der Waals surface area contributed by atoms with Crippen molar-refractivity contribution in [1.82, 2.24) is 5.32 Å². The summed E-state index contributed by atoms with van der Waals surface area (Å²) in [5, 5.41) is 2.78. The van der Waals surface area contributed by atoms with Gasteiger partial charge >= 0.3 is 0 Å². The molecule has 0 spiro atoms. The molecule has 0 radical (unpaired) electrons. The largest absolute Gasteiger partial charge is 0.491 e. The molecule has 1 heterocycles. The van der Waals surface area contributed by atoms with Crippen LogP contribution in [0.3, 0.4) is 0 Å². The fourth-order valence-electron chi connectivity index (χ4n) is 2.49. The van der Waals surface area contributed by atoms with E-state index in [1.165, 1.54) is 24.3 Å². The highest BCUT2D eigenvalue weighted by molar-refractivity contribution is 5.95. The molecule has 0 saturated carbocycles. The number of benzene rings is 2. The van der Waals surface area contributed by atoms with Crippen LogP contribution in [0, 0.1) is 5.82 Å². The third-order valence-electron chi connectivity index (χ3n) is 3.89. The summed E-state index contributed by atoms with van der Waals surface area (Å²) in [7, 11) is 1.71. The van der Waals surface area contributed by atoms with Crippen molar-refractivity contribution < 1.29 is 18.7 Å². The number of fused-ring (bicyclic) bond motifs is 1. The van der Waals surface area contributed by atoms with Crippen LogP contribution < -0.4 is 15.0 Å². The molecule has 0 bridgehead atoms. The van der Waals surface area contributed by atoms with Gasteiger partial charge in [0.2, 0.25) is 5.91 Å². The van der Waals surface area contributed by atoms with Crippen LogP contribution in [0.2, 0.25) is 0 Å². The molecule has 0 saturated heterocycles.